The molecule has 0 atom stereocenters. The van der Waals surface area contributed by atoms with Gasteiger partial charge < -0.3 is 19.5 Å². The normalized spacial score (nSPS) is 10.5. The molecule has 160 valence electrons. The molecule has 0 aliphatic heterocycles. The van der Waals surface area contributed by atoms with E-state index >= 15 is 0 Å². The molecule has 0 aliphatic rings. The minimum atomic E-state index is -0.654. The molecule has 0 unspecified atom stereocenters. The number of para-hydroxylation sites is 1. The third-order valence-electron chi connectivity index (χ3n) is 4.64. The molecular weight excluding hydrogens is 400 g/mol. The van der Waals surface area contributed by atoms with E-state index in [2.05, 4.69) is 15.0 Å². The summed E-state index contributed by atoms with van der Waals surface area (Å²) in [7, 11) is 2.80. The molecule has 1 aromatic heterocycles. The summed E-state index contributed by atoms with van der Waals surface area (Å²) in [6, 6.07) is 13.6. The number of anilines is 1. The Labute approximate surface area is 179 Å². The monoisotopic (exact) mass is 422 g/mol. The molecule has 8 heteroatoms. The van der Waals surface area contributed by atoms with Gasteiger partial charge in [-0.15, -0.1) is 0 Å². The molecule has 31 heavy (non-hydrogen) atoms. The number of nitrogens with zero attached hydrogens (tertiary/aromatic N) is 1. The zero-order valence-electron chi connectivity index (χ0n) is 17.4. The summed E-state index contributed by atoms with van der Waals surface area (Å²) in [5.41, 5.74) is 3.01. The van der Waals surface area contributed by atoms with Crippen LogP contribution in [0.1, 0.15) is 32.0 Å². The van der Waals surface area contributed by atoms with Gasteiger partial charge in [0, 0.05) is 18.2 Å². The molecule has 8 nitrogen and oxygen atoms in total. The number of aryl methyl sites for hydroxylation is 1. The van der Waals surface area contributed by atoms with Crippen molar-refractivity contribution >= 4 is 34.4 Å². The summed E-state index contributed by atoms with van der Waals surface area (Å²) in [6.45, 7) is 1.47. The van der Waals surface area contributed by atoms with Gasteiger partial charge in [0.2, 0.25) is 0 Å². The van der Waals surface area contributed by atoms with Crippen molar-refractivity contribution in [1.29, 1.82) is 0 Å². The average molecular weight is 422 g/mol. The van der Waals surface area contributed by atoms with Crippen molar-refractivity contribution in [1.82, 2.24) is 4.98 Å². The Kier molecular flexibility index (Phi) is 6.94. The highest BCUT2D eigenvalue weighted by Gasteiger charge is 2.21. The SMILES string of the molecule is COCc1nc2ccccc2c(C)c1C(=O)OCC(=O)Nc1ccc(C(=O)OC)cc1. The highest BCUT2D eigenvalue weighted by Crippen LogP contribution is 2.24. The van der Waals surface area contributed by atoms with Crippen LogP contribution in [0, 0.1) is 6.92 Å². The lowest BCUT2D eigenvalue weighted by Gasteiger charge is -2.14. The fraction of sp³-hybridized carbons (Fsp3) is 0.217. The Morgan fingerprint density at radius 1 is 0.968 bits per heavy atom. The predicted octanol–water partition coefficient (Wildman–Crippen LogP) is 3.27. The summed E-state index contributed by atoms with van der Waals surface area (Å²) in [5.74, 6) is -1.64. The Bertz CT molecular complexity index is 1120. The van der Waals surface area contributed by atoms with Crippen molar-refractivity contribution in [3.63, 3.8) is 0 Å². The first kappa shape index (κ1) is 21.9. The molecule has 3 rings (SSSR count). The summed E-state index contributed by atoms with van der Waals surface area (Å²) in [4.78, 5) is 40.9. The Morgan fingerprint density at radius 2 is 1.68 bits per heavy atom. The van der Waals surface area contributed by atoms with Gasteiger partial charge in [0.15, 0.2) is 6.61 Å². The molecule has 0 saturated carbocycles. The fourth-order valence-electron chi connectivity index (χ4n) is 3.16. The molecule has 0 radical (unpaired) electrons. The van der Waals surface area contributed by atoms with Crippen LogP contribution < -0.4 is 5.32 Å². The average Bonchev–Trinajstić information content (AvgIpc) is 2.78. The van der Waals surface area contributed by atoms with Crippen LogP contribution in [0.2, 0.25) is 0 Å². The maximum atomic E-state index is 12.8. The topological polar surface area (TPSA) is 104 Å². The fourth-order valence-corrected chi connectivity index (χ4v) is 3.16. The maximum Gasteiger partial charge on any atom is 0.340 e. The van der Waals surface area contributed by atoms with E-state index in [-0.39, 0.29) is 12.2 Å². The van der Waals surface area contributed by atoms with Crippen molar-refractivity contribution in [2.45, 2.75) is 13.5 Å². The van der Waals surface area contributed by atoms with Crippen LogP contribution in [0.3, 0.4) is 0 Å². The predicted molar refractivity (Wildman–Crippen MR) is 114 cm³/mol. The van der Waals surface area contributed by atoms with Crippen LogP contribution in [0.4, 0.5) is 5.69 Å². The standard InChI is InChI=1S/C23H22N2O6/c1-14-17-6-4-5-7-18(17)25-19(12-29-2)21(14)23(28)31-13-20(26)24-16-10-8-15(9-11-16)22(27)30-3/h4-11H,12-13H2,1-3H3,(H,24,26). The van der Waals surface area contributed by atoms with Gasteiger partial charge in [0.25, 0.3) is 5.91 Å². The van der Waals surface area contributed by atoms with E-state index in [0.717, 1.165) is 10.9 Å². The number of pyridine rings is 1. The second-order valence-electron chi connectivity index (χ2n) is 6.70. The molecule has 0 bridgehead atoms. The van der Waals surface area contributed by atoms with Crippen LogP contribution in [-0.4, -0.2) is 43.7 Å². The van der Waals surface area contributed by atoms with E-state index in [9.17, 15) is 14.4 Å². The lowest BCUT2D eigenvalue weighted by atomic mass is 10.0. The van der Waals surface area contributed by atoms with E-state index in [1.54, 1.807) is 12.1 Å². The molecule has 0 fully saturated rings. The minimum Gasteiger partial charge on any atom is -0.465 e. The molecule has 0 aliphatic carbocycles. The molecule has 0 saturated heterocycles. The van der Waals surface area contributed by atoms with Gasteiger partial charge >= 0.3 is 11.9 Å². The zero-order valence-corrected chi connectivity index (χ0v) is 17.4. The Morgan fingerprint density at radius 3 is 2.35 bits per heavy atom. The van der Waals surface area contributed by atoms with Gasteiger partial charge in [-0.25, -0.2) is 14.6 Å². The number of fused-ring (bicyclic) bond motifs is 1. The van der Waals surface area contributed by atoms with E-state index in [4.69, 9.17) is 9.47 Å². The van der Waals surface area contributed by atoms with Crippen LogP contribution in [0.25, 0.3) is 10.9 Å². The van der Waals surface area contributed by atoms with Crippen molar-refractivity contribution < 1.29 is 28.6 Å². The number of hydrogen-bond acceptors (Lipinski definition) is 7. The van der Waals surface area contributed by atoms with Crippen LogP contribution in [-0.2, 0) is 25.6 Å². The number of methoxy groups -OCH3 is 2. The number of rotatable bonds is 7. The summed E-state index contributed by atoms with van der Waals surface area (Å²) < 4.78 is 15.0. The van der Waals surface area contributed by atoms with Gasteiger partial charge in [-0.3, -0.25) is 4.79 Å². The molecular formula is C23H22N2O6. The Balaban J connectivity index is 1.71. The lowest BCUT2D eigenvalue weighted by Crippen LogP contribution is -2.22. The van der Waals surface area contributed by atoms with Crippen LogP contribution >= 0.6 is 0 Å². The number of benzene rings is 2. The number of hydrogen-bond donors (Lipinski definition) is 1. The molecule has 1 heterocycles. The Hall–Kier alpha value is -3.78. The molecule has 2 aromatic carbocycles. The quantitative estimate of drug-likeness (QED) is 0.583. The second-order valence-corrected chi connectivity index (χ2v) is 6.70. The maximum absolute atomic E-state index is 12.8. The van der Waals surface area contributed by atoms with Gasteiger partial charge in [0.05, 0.1) is 36.1 Å². The molecule has 1 N–H and O–H groups in total. The number of esters is 2. The van der Waals surface area contributed by atoms with Gasteiger partial charge in [-0.05, 0) is 42.8 Å². The summed E-state index contributed by atoms with van der Waals surface area (Å²) in [5, 5.41) is 3.43. The van der Waals surface area contributed by atoms with Crippen molar-refractivity contribution in [2.75, 3.05) is 26.1 Å². The number of ether oxygens (including phenoxy) is 3. The number of carbonyl (C=O) groups excluding carboxylic acids is 3. The smallest absolute Gasteiger partial charge is 0.340 e. The van der Waals surface area contributed by atoms with E-state index < -0.39 is 24.5 Å². The van der Waals surface area contributed by atoms with Gasteiger partial charge in [-0.1, -0.05) is 18.2 Å². The lowest BCUT2D eigenvalue weighted by molar-refractivity contribution is -0.119. The highest BCUT2D eigenvalue weighted by atomic mass is 16.5. The van der Waals surface area contributed by atoms with E-state index in [0.29, 0.717) is 22.5 Å². The van der Waals surface area contributed by atoms with Crippen LogP contribution in [0.5, 0.6) is 0 Å². The van der Waals surface area contributed by atoms with Gasteiger partial charge in [-0.2, -0.15) is 0 Å². The first-order valence-corrected chi connectivity index (χ1v) is 9.47. The second kappa shape index (κ2) is 9.82. The number of amides is 1. The number of nitrogens with one attached hydrogen (secondary N) is 1. The number of carbonyl (C=O) groups is 3. The summed E-state index contributed by atoms with van der Waals surface area (Å²) >= 11 is 0. The van der Waals surface area contributed by atoms with Crippen molar-refractivity contribution in [3.8, 4) is 0 Å². The first-order chi connectivity index (χ1) is 14.9. The molecule has 0 spiro atoms. The van der Waals surface area contributed by atoms with Crippen molar-refractivity contribution in [2.24, 2.45) is 0 Å². The third kappa shape index (κ3) is 5.04. The van der Waals surface area contributed by atoms with Gasteiger partial charge in [0.1, 0.15) is 0 Å². The van der Waals surface area contributed by atoms with E-state index in [1.807, 2.05) is 31.2 Å². The summed E-state index contributed by atoms with van der Waals surface area (Å²) in [6.07, 6.45) is 0. The van der Waals surface area contributed by atoms with E-state index in [1.165, 1.54) is 26.4 Å². The molecule has 3 aromatic rings. The largest absolute Gasteiger partial charge is 0.465 e. The minimum absolute atomic E-state index is 0.134. The molecule has 1 amide bonds. The third-order valence-corrected chi connectivity index (χ3v) is 4.64. The zero-order chi connectivity index (χ0) is 22.4. The highest BCUT2D eigenvalue weighted by molar-refractivity contribution is 6.00. The first-order valence-electron chi connectivity index (χ1n) is 9.47. The number of aromatic nitrogens is 1. The van der Waals surface area contributed by atoms with Crippen molar-refractivity contribution in [3.05, 3.63) is 70.9 Å². The van der Waals surface area contributed by atoms with Crippen LogP contribution in [0.15, 0.2) is 48.5 Å².